The Hall–Kier alpha value is -5.22. The molecule has 0 bridgehead atoms. The minimum absolute atomic E-state index is 0.0122. The van der Waals surface area contributed by atoms with E-state index in [1.54, 1.807) is 5.56 Å². The molecule has 0 saturated heterocycles. The minimum atomic E-state index is -0.0520. The third-order valence-corrected chi connectivity index (χ3v) is 15.6. The molecule has 1 saturated carbocycles. The maximum atomic E-state index is 2.90. The standard InChI is InChI=1S/C56H60BN3/c1-52(2,3)35-22-24-38(25-23-35)58-47-34-39(59-45-20-14-12-18-40(45)41-19-13-15-21-46(41)59)26-27-43(47)57-44-31-36(53(4,5)6)30-42-51(44)60(56(11)29-17-16-28-55(42,56)10)49-33-37(54(7,8)9)32-48(58)50(49)57/h12-15,18-27,30-34H,16-17,28-29H2,1-11H3. The van der Waals surface area contributed by atoms with Gasteiger partial charge in [-0.3, -0.25) is 0 Å². The first-order chi connectivity index (χ1) is 28.4. The van der Waals surface area contributed by atoms with Gasteiger partial charge in [-0.05, 0) is 123 Å². The lowest BCUT2D eigenvalue weighted by molar-refractivity contribution is 0.195. The van der Waals surface area contributed by atoms with E-state index in [-0.39, 0.29) is 33.9 Å². The predicted molar refractivity (Wildman–Crippen MR) is 259 cm³/mol. The van der Waals surface area contributed by atoms with E-state index in [9.17, 15) is 0 Å². The SMILES string of the molecule is CC(C)(C)c1ccc(N2c3cc(-n4c5ccccc5c5ccccc54)ccc3B3c4cc(C(C)(C)C)cc5c4N(c4cc(C(C)(C)C)cc2c43)C2(C)CCCCC52C)cc1. The lowest BCUT2D eigenvalue weighted by Gasteiger charge is -2.53. The Kier molecular flexibility index (Phi) is 7.68. The Bertz CT molecular complexity index is 2880. The number of aromatic nitrogens is 1. The van der Waals surface area contributed by atoms with Gasteiger partial charge in [0.1, 0.15) is 0 Å². The van der Waals surface area contributed by atoms with Gasteiger partial charge >= 0.3 is 0 Å². The molecule has 11 rings (SSSR count). The maximum absolute atomic E-state index is 2.90. The van der Waals surface area contributed by atoms with Crippen molar-refractivity contribution in [2.45, 2.75) is 129 Å². The van der Waals surface area contributed by atoms with Gasteiger partial charge in [0.2, 0.25) is 0 Å². The van der Waals surface area contributed by atoms with Gasteiger partial charge in [0.15, 0.2) is 0 Å². The van der Waals surface area contributed by atoms with Crippen LogP contribution in [0.2, 0.25) is 0 Å². The molecule has 2 unspecified atom stereocenters. The molecule has 4 aliphatic rings. The maximum Gasteiger partial charge on any atom is 0.252 e. The highest BCUT2D eigenvalue weighted by Gasteiger charge is 2.61. The fourth-order valence-corrected chi connectivity index (χ4v) is 11.9. The fraction of sp³-hybridized carbons (Fsp3) is 0.357. The van der Waals surface area contributed by atoms with E-state index < -0.39 is 0 Å². The van der Waals surface area contributed by atoms with Crippen LogP contribution in [-0.4, -0.2) is 16.8 Å². The fourth-order valence-electron chi connectivity index (χ4n) is 11.9. The van der Waals surface area contributed by atoms with Crippen LogP contribution >= 0.6 is 0 Å². The van der Waals surface area contributed by atoms with E-state index in [2.05, 4.69) is 206 Å². The highest BCUT2D eigenvalue weighted by atomic mass is 15.3. The molecule has 0 radical (unpaired) electrons. The first kappa shape index (κ1) is 37.8. The van der Waals surface area contributed by atoms with E-state index in [1.165, 1.54) is 115 Å². The van der Waals surface area contributed by atoms with Crippen molar-refractivity contribution in [3.8, 4) is 5.69 Å². The normalized spacial score (nSPS) is 20.7. The summed E-state index contributed by atoms with van der Waals surface area (Å²) in [7, 11) is 0. The first-order valence-corrected chi connectivity index (χ1v) is 22.6. The van der Waals surface area contributed by atoms with Crippen LogP contribution < -0.4 is 26.2 Å². The number of hydrogen-bond acceptors (Lipinski definition) is 2. The number of para-hydroxylation sites is 2. The van der Waals surface area contributed by atoms with Crippen LogP contribution in [0.3, 0.4) is 0 Å². The van der Waals surface area contributed by atoms with Gasteiger partial charge in [-0.15, -0.1) is 0 Å². The lowest BCUT2D eigenvalue weighted by Crippen LogP contribution is -2.64. The number of nitrogens with zero attached hydrogens (tertiary/aromatic N) is 3. The predicted octanol–water partition coefficient (Wildman–Crippen LogP) is 13.0. The molecular formula is C56H60BN3. The van der Waals surface area contributed by atoms with Crippen molar-refractivity contribution >= 4 is 73.3 Å². The Morgan fingerprint density at radius 3 is 1.72 bits per heavy atom. The zero-order chi connectivity index (χ0) is 41.9. The van der Waals surface area contributed by atoms with Crippen molar-refractivity contribution in [2.24, 2.45) is 0 Å². The highest BCUT2D eigenvalue weighted by Crippen LogP contribution is 2.62. The molecule has 3 nitrogen and oxygen atoms in total. The molecule has 0 N–H and O–H groups in total. The Morgan fingerprint density at radius 1 is 0.517 bits per heavy atom. The van der Waals surface area contributed by atoms with Gasteiger partial charge in [-0.2, -0.15) is 0 Å². The lowest BCUT2D eigenvalue weighted by atomic mass is 9.33. The van der Waals surface area contributed by atoms with Gasteiger partial charge in [-0.1, -0.05) is 149 Å². The summed E-state index contributed by atoms with van der Waals surface area (Å²) < 4.78 is 2.49. The molecule has 0 amide bonds. The molecule has 2 atom stereocenters. The summed E-state index contributed by atoms with van der Waals surface area (Å²) in [5.41, 5.74) is 20.5. The number of fused-ring (bicyclic) bond motifs is 10. The van der Waals surface area contributed by atoms with Crippen LogP contribution in [0.1, 0.15) is 124 Å². The van der Waals surface area contributed by atoms with Crippen LogP contribution in [0.5, 0.6) is 0 Å². The molecule has 6 aromatic carbocycles. The largest absolute Gasteiger partial charge is 0.335 e. The molecule has 7 aromatic rings. The first-order valence-electron chi connectivity index (χ1n) is 22.6. The average Bonchev–Trinajstić information content (AvgIpc) is 3.65. The zero-order valence-electron chi connectivity index (χ0n) is 37.7. The molecule has 1 aliphatic carbocycles. The summed E-state index contributed by atoms with van der Waals surface area (Å²) in [4.78, 5) is 5.54. The van der Waals surface area contributed by atoms with Crippen molar-refractivity contribution in [2.75, 3.05) is 9.80 Å². The van der Waals surface area contributed by atoms with Crippen LogP contribution in [0.25, 0.3) is 27.5 Å². The van der Waals surface area contributed by atoms with Crippen LogP contribution in [0.15, 0.2) is 115 Å². The second kappa shape index (κ2) is 12.2. The number of hydrogen-bond donors (Lipinski definition) is 0. The topological polar surface area (TPSA) is 11.4 Å². The third-order valence-electron chi connectivity index (χ3n) is 15.6. The van der Waals surface area contributed by atoms with Gasteiger partial charge in [0, 0.05) is 50.3 Å². The molecule has 1 aromatic heterocycles. The van der Waals surface area contributed by atoms with Gasteiger partial charge in [-0.25, -0.2) is 0 Å². The Labute approximate surface area is 358 Å². The van der Waals surface area contributed by atoms with Crippen molar-refractivity contribution in [1.29, 1.82) is 0 Å². The van der Waals surface area contributed by atoms with E-state index >= 15 is 0 Å². The van der Waals surface area contributed by atoms with Gasteiger partial charge in [0.05, 0.1) is 16.6 Å². The van der Waals surface area contributed by atoms with Crippen LogP contribution in [0, 0.1) is 0 Å². The van der Waals surface area contributed by atoms with Crippen molar-refractivity contribution in [3.63, 3.8) is 0 Å². The summed E-state index contributed by atoms with van der Waals surface area (Å²) in [5, 5.41) is 2.58. The van der Waals surface area contributed by atoms with Crippen molar-refractivity contribution in [3.05, 3.63) is 138 Å². The van der Waals surface area contributed by atoms with Gasteiger partial charge < -0.3 is 14.4 Å². The number of benzene rings is 6. The second-order valence-corrected chi connectivity index (χ2v) is 22.2. The molecule has 302 valence electrons. The minimum Gasteiger partial charge on any atom is -0.335 e. The summed E-state index contributed by atoms with van der Waals surface area (Å²) in [6.45, 7) is 26.7. The van der Waals surface area contributed by atoms with E-state index in [1.807, 2.05) is 0 Å². The van der Waals surface area contributed by atoms with E-state index in [0.29, 0.717) is 0 Å². The molecule has 4 heteroatoms. The third kappa shape index (κ3) is 5.03. The van der Waals surface area contributed by atoms with E-state index in [0.717, 1.165) is 0 Å². The summed E-state index contributed by atoms with van der Waals surface area (Å²) in [6.07, 6.45) is 4.96. The van der Waals surface area contributed by atoms with Gasteiger partial charge in [0.25, 0.3) is 6.71 Å². The van der Waals surface area contributed by atoms with Crippen molar-refractivity contribution < 1.29 is 0 Å². The molecule has 1 fully saturated rings. The summed E-state index contributed by atoms with van der Waals surface area (Å²) >= 11 is 0. The molecule has 60 heavy (non-hydrogen) atoms. The Morgan fingerprint density at radius 2 is 1.08 bits per heavy atom. The number of rotatable bonds is 2. The zero-order valence-corrected chi connectivity index (χ0v) is 37.7. The van der Waals surface area contributed by atoms with Crippen LogP contribution in [-0.2, 0) is 21.7 Å². The monoisotopic (exact) mass is 785 g/mol. The quantitative estimate of drug-likeness (QED) is 0.162. The second-order valence-electron chi connectivity index (χ2n) is 22.2. The summed E-state index contributed by atoms with van der Waals surface area (Å²) in [6, 6.07) is 45.2. The highest BCUT2D eigenvalue weighted by molar-refractivity contribution is 7.00. The van der Waals surface area contributed by atoms with Crippen molar-refractivity contribution in [1.82, 2.24) is 4.57 Å². The number of anilines is 5. The molecule has 0 spiro atoms. The molecule has 3 aliphatic heterocycles. The smallest absolute Gasteiger partial charge is 0.252 e. The molecular weight excluding hydrogens is 725 g/mol. The average molecular weight is 786 g/mol. The van der Waals surface area contributed by atoms with Crippen LogP contribution in [0.4, 0.5) is 28.4 Å². The Balaban J connectivity index is 1.27. The summed E-state index contributed by atoms with van der Waals surface area (Å²) in [5.74, 6) is 0. The molecule has 4 heterocycles. The van der Waals surface area contributed by atoms with E-state index in [4.69, 9.17) is 0 Å².